The van der Waals surface area contributed by atoms with Crippen LogP contribution >= 0.6 is 0 Å². The van der Waals surface area contributed by atoms with E-state index in [4.69, 9.17) is 0 Å². The van der Waals surface area contributed by atoms with Crippen LogP contribution in [-0.2, 0) is 0 Å². The van der Waals surface area contributed by atoms with Crippen molar-refractivity contribution >= 4 is 11.7 Å². The molecule has 1 aliphatic rings. The van der Waals surface area contributed by atoms with Gasteiger partial charge in [-0.1, -0.05) is 18.2 Å². The molecule has 2 N–H and O–H groups in total. The summed E-state index contributed by atoms with van der Waals surface area (Å²) in [5, 5.41) is 17.3. The van der Waals surface area contributed by atoms with Crippen LogP contribution in [0.25, 0.3) is 5.69 Å². The summed E-state index contributed by atoms with van der Waals surface area (Å²) in [4.78, 5) is 14.0. The minimum absolute atomic E-state index is 0.126. The molecule has 1 fully saturated rings. The smallest absolute Gasteiger partial charge is 0.321 e. The fourth-order valence-corrected chi connectivity index (χ4v) is 2.58. The number of carbonyl (C=O) groups is 1. The molecule has 0 aliphatic carbocycles. The molecule has 0 bridgehead atoms. The minimum atomic E-state index is -0.745. The highest BCUT2D eigenvalue weighted by Crippen LogP contribution is 2.27. The van der Waals surface area contributed by atoms with E-state index in [0.717, 1.165) is 11.4 Å². The molecule has 6 nitrogen and oxygen atoms in total. The monoisotopic (exact) mass is 314 g/mol. The Morgan fingerprint density at radius 3 is 2.57 bits per heavy atom. The fourth-order valence-electron chi connectivity index (χ4n) is 2.58. The molecule has 2 aromatic rings. The van der Waals surface area contributed by atoms with Crippen LogP contribution in [0.4, 0.5) is 10.5 Å². The Labute approximate surface area is 135 Å². The molecule has 0 radical (unpaired) electrons. The number of hydrogen-bond donors (Lipinski definition) is 2. The molecule has 2 heterocycles. The summed E-state index contributed by atoms with van der Waals surface area (Å²) >= 11 is 0. The number of benzene rings is 1. The lowest BCUT2D eigenvalue weighted by molar-refractivity contribution is -0.0440. The van der Waals surface area contributed by atoms with Crippen molar-refractivity contribution in [2.75, 3.05) is 18.4 Å². The van der Waals surface area contributed by atoms with Gasteiger partial charge in [0.25, 0.3) is 0 Å². The first-order valence-electron chi connectivity index (χ1n) is 7.74. The Morgan fingerprint density at radius 2 is 1.96 bits per heavy atom. The molecular formula is C17H22N4O2. The molecule has 0 spiro atoms. The third-order valence-electron chi connectivity index (χ3n) is 4.33. The van der Waals surface area contributed by atoms with Crippen molar-refractivity contribution in [3.63, 3.8) is 0 Å². The van der Waals surface area contributed by atoms with Gasteiger partial charge in [0.15, 0.2) is 0 Å². The molecule has 1 aromatic carbocycles. The van der Waals surface area contributed by atoms with Crippen molar-refractivity contribution in [3.05, 3.63) is 42.2 Å². The van der Waals surface area contributed by atoms with Crippen LogP contribution in [0.1, 0.15) is 19.5 Å². The largest absolute Gasteiger partial charge is 0.390 e. The number of nitrogens with one attached hydrogen (secondary N) is 1. The van der Waals surface area contributed by atoms with Crippen LogP contribution in [0.2, 0.25) is 0 Å². The van der Waals surface area contributed by atoms with E-state index in [1.807, 2.05) is 43.5 Å². The van der Waals surface area contributed by atoms with Crippen LogP contribution in [0, 0.1) is 12.8 Å². The Balaban J connectivity index is 1.65. The summed E-state index contributed by atoms with van der Waals surface area (Å²) in [5.74, 6) is 0.126. The lowest BCUT2D eigenvalue weighted by Crippen LogP contribution is -2.58. The van der Waals surface area contributed by atoms with Gasteiger partial charge in [-0.15, -0.1) is 0 Å². The number of nitrogens with zero attached hydrogens (tertiary/aromatic N) is 3. The number of aryl methyl sites for hydroxylation is 1. The zero-order valence-corrected chi connectivity index (χ0v) is 13.7. The molecule has 0 unspecified atom stereocenters. The van der Waals surface area contributed by atoms with Gasteiger partial charge in [-0.3, -0.25) is 0 Å². The highest BCUT2D eigenvalue weighted by atomic mass is 16.3. The van der Waals surface area contributed by atoms with Gasteiger partial charge in [0.05, 0.1) is 28.9 Å². The number of aliphatic hydroxyl groups is 1. The Morgan fingerprint density at radius 1 is 1.30 bits per heavy atom. The van der Waals surface area contributed by atoms with Crippen molar-refractivity contribution < 1.29 is 9.90 Å². The fraction of sp³-hybridized carbons (Fsp3) is 0.412. The second-order valence-electron chi connectivity index (χ2n) is 6.59. The molecule has 0 atom stereocenters. The highest BCUT2D eigenvalue weighted by Gasteiger charge is 2.39. The highest BCUT2D eigenvalue weighted by molar-refractivity contribution is 5.90. The van der Waals surface area contributed by atoms with Gasteiger partial charge in [-0.25, -0.2) is 9.48 Å². The zero-order valence-electron chi connectivity index (χ0n) is 13.7. The first kappa shape index (κ1) is 15.6. The number of amides is 2. The van der Waals surface area contributed by atoms with Gasteiger partial charge in [0.1, 0.15) is 0 Å². The summed E-state index contributed by atoms with van der Waals surface area (Å²) in [5.41, 5.74) is 1.67. The molecule has 6 heteroatoms. The lowest BCUT2D eigenvalue weighted by Gasteiger charge is -2.44. The third-order valence-corrected chi connectivity index (χ3v) is 4.33. The molecule has 122 valence electrons. The summed E-state index contributed by atoms with van der Waals surface area (Å²) in [6.45, 7) is 6.56. The average Bonchev–Trinajstić information content (AvgIpc) is 2.78. The van der Waals surface area contributed by atoms with Crippen LogP contribution in [0.3, 0.4) is 0 Å². The van der Waals surface area contributed by atoms with E-state index >= 15 is 0 Å². The first-order chi connectivity index (χ1) is 10.8. The van der Waals surface area contributed by atoms with Crippen molar-refractivity contribution in [2.24, 2.45) is 5.92 Å². The van der Waals surface area contributed by atoms with Gasteiger partial charge >= 0.3 is 6.03 Å². The van der Waals surface area contributed by atoms with Gasteiger partial charge < -0.3 is 15.3 Å². The van der Waals surface area contributed by atoms with E-state index in [0.29, 0.717) is 18.8 Å². The summed E-state index contributed by atoms with van der Waals surface area (Å²) in [6.07, 6.45) is 1.82. The molecule has 3 rings (SSSR count). The maximum absolute atomic E-state index is 12.3. The number of hydrogen-bond acceptors (Lipinski definition) is 3. The Kier molecular flexibility index (Phi) is 3.85. The van der Waals surface area contributed by atoms with Crippen molar-refractivity contribution in [2.45, 2.75) is 26.4 Å². The molecule has 23 heavy (non-hydrogen) atoms. The van der Waals surface area contributed by atoms with Crippen LogP contribution in [-0.4, -0.2) is 44.5 Å². The standard InChI is InChI=1S/C17H22N4O2/c1-12-15(11-21(19-12)14-7-5-4-6-8-14)18-16(22)20-9-13(10-20)17(2,3)23/h4-8,11,13,23H,9-10H2,1-3H3,(H,18,22). The predicted molar refractivity (Wildman–Crippen MR) is 88.7 cm³/mol. The quantitative estimate of drug-likeness (QED) is 0.914. The number of anilines is 1. The van der Waals surface area contributed by atoms with Crippen LogP contribution < -0.4 is 5.32 Å². The van der Waals surface area contributed by atoms with Crippen molar-refractivity contribution in [3.8, 4) is 5.69 Å². The van der Waals surface area contributed by atoms with Crippen molar-refractivity contribution in [1.82, 2.24) is 14.7 Å². The van der Waals surface area contributed by atoms with Crippen molar-refractivity contribution in [1.29, 1.82) is 0 Å². The molecule has 2 amide bonds. The summed E-state index contributed by atoms with van der Waals surface area (Å²) in [6, 6.07) is 9.61. The maximum Gasteiger partial charge on any atom is 0.321 e. The van der Waals surface area contributed by atoms with E-state index in [9.17, 15) is 9.90 Å². The SMILES string of the molecule is Cc1nn(-c2ccccc2)cc1NC(=O)N1CC(C(C)(C)O)C1. The predicted octanol–water partition coefficient (Wildman–Crippen LogP) is 2.42. The van der Waals surface area contributed by atoms with Gasteiger partial charge in [-0.2, -0.15) is 5.10 Å². The number of para-hydroxylation sites is 1. The van der Waals surface area contributed by atoms with E-state index < -0.39 is 5.60 Å². The lowest BCUT2D eigenvalue weighted by atomic mass is 9.85. The van der Waals surface area contributed by atoms with Crippen LogP contribution in [0.15, 0.2) is 36.5 Å². The van der Waals surface area contributed by atoms with Gasteiger partial charge in [0, 0.05) is 19.0 Å². The second-order valence-corrected chi connectivity index (χ2v) is 6.59. The zero-order chi connectivity index (χ0) is 16.6. The summed E-state index contributed by atoms with van der Waals surface area (Å²) < 4.78 is 1.75. The average molecular weight is 314 g/mol. The normalized spacial score (nSPS) is 15.4. The molecule has 1 saturated heterocycles. The van der Waals surface area contributed by atoms with Gasteiger partial charge in [0.2, 0.25) is 0 Å². The molecule has 1 aliphatic heterocycles. The maximum atomic E-state index is 12.3. The van der Waals surface area contributed by atoms with E-state index in [1.165, 1.54) is 0 Å². The van der Waals surface area contributed by atoms with E-state index in [-0.39, 0.29) is 11.9 Å². The first-order valence-corrected chi connectivity index (χ1v) is 7.74. The minimum Gasteiger partial charge on any atom is -0.390 e. The summed E-state index contributed by atoms with van der Waals surface area (Å²) in [7, 11) is 0. The van der Waals surface area contributed by atoms with Gasteiger partial charge in [-0.05, 0) is 32.9 Å². The number of aromatic nitrogens is 2. The number of urea groups is 1. The molecule has 0 saturated carbocycles. The Bertz CT molecular complexity index is 697. The molecule has 1 aromatic heterocycles. The Hall–Kier alpha value is -2.34. The molecular weight excluding hydrogens is 292 g/mol. The number of likely N-dealkylation sites (tertiary alicyclic amines) is 1. The van der Waals surface area contributed by atoms with Crippen LogP contribution in [0.5, 0.6) is 0 Å². The van der Waals surface area contributed by atoms with E-state index in [1.54, 1.807) is 23.4 Å². The van der Waals surface area contributed by atoms with E-state index in [2.05, 4.69) is 10.4 Å². The number of carbonyl (C=O) groups excluding carboxylic acids is 1. The second kappa shape index (κ2) is 5.70. The topological polar surface area (TPSA) is 70.4 Å². The third kappa shape index (κ3) is 3.22. The number of rotatable bonds is 3.